The Morgan fingerprint density at radius 1 is 1.09 bits per heavy atom. The Hall–Kier alpha value is -4.41. The molecule has 0 saturated heterocycles. The van der Waals surface area contributed by atoms with Crippen LogP contribution in [0.1, 0.15) is 5.56 Å². The van der Waals surface area contributed by atoms with Crippen molar-refractivity contribution in [3.05, 3.63) is 106 Å². The lowest BCUT2D eigenvalue weighted by atomic mass is 10.1. The summed E-state index contributed by atoms with van der Waals surface area (Å²) in [6.07, 6.45) is 2.72. The number of hydrogen-bond donors (Lipinski definition) is 1. The lowest BCUT2D eigenvalue weighted by Gasteiger charge is -2.10. The van der Waals surface area contributed by atoms with Crippen LogP contribution in [0, 0.1) is 11.3 Å². The van der Waals surface area contributed by atoms with Crippen LogP contribution in [0.2, 0.25) is 5.02 Å². The van der Waals surface area contributed by atoms with Crippen molar-refractivity contribution in [1.82, 2.24) is 9.38 Å². The number of nitriles is 1. The summed E-state index contributed by atoms with van der Waals surface area (Å²) in [5, 5.41) is 12.6. The molecule has 0 aliphatic rings. The lowest BCUT2D eigenvalue weighted by molar-refractivity contribution is -0.112. The van der Waals surface area contributed by atoms with Crippen molar-refractivity contribution in [2.75, 3.05) is 5.32 Å². The van der Waals surface area contributed by atoms with Crippen LogP contribution in [-0.4, -0.2) is 15.3 Å². The number of halogens is 1. The highest BCUT2D eigenvalue weighted by atomic mass is 35.5. The summed E-state index contributed by atoms with van der Waals surface area (Å²) < 4.78 is 7.14. The monoisotopic (exact) mass is 442 g/mol. The largest absolute Gasteiger partial charge is 0.438 e. The molecule has 0 aliphatic carbocycles. The minimum Gasteiger partial charge on any atom is -0.438 e. The van der Waals surface area contributed by atoms with Gasteiger partial charge in [-0.3, -0.25) is 14.0 Å². The van der Waals surface area contributed by atoms with Gasteiger partial charge in [0.15, 0.2) is 0 Å². The zero-order valence-corrected chi connectivity index (χ0v) is 17.3. The van der Waals surface area contributed by atoms with Crippen molar-refractivity contribution in [2.45, 2.75) is 0 Å². The number of hydrogen-bond acceptors (Lipinski definition) is 5. The van der Waals surface area contributed by atoms with E-state index in [1.165, 1.54) is 10.5 Å². The third-order valence-corrected chi connectivity index (χ3v) is 4.66. The topological polar surface area (TPSA) is 96.5 Å². The Morgan fingerprint density at radius 2 is 1.88 bits per heavy atom. The molecule has 0 bridgehead atoms. The standard InChI is InChI=1S/C24H15ClN4O3/c25-17-7-6-8-18(14-17)27-22(30)16(15-26)13-20-23(32-19-9-2-1-3-10-19)28-21-11-4-5-12-29(21)24(20)31/h1-14H,(H,27,30)/b16-13-. The van der Waals surface area contributed by atoms with Crippen LogP contribution in [0.3, 0.4) is 0 Å². The Bertz CT molecular complexity index is 1440. The number of aromatic nitrogens is 2. The van der Waals surface area contributed by atoms with Crippen LogP contribution in [0.5, 0.6) is 11.6 Å². The second-order valence-corrected chi connectivity index (χ2v) is 7.05. The minimum absolute atomic E-state index is 0.0179. The number of fused-ring (bicyclic) bond motifs is 1. The molecule has 0 aliphatic heterocycles. The molecule has 156 valence electrons. The molecule has 0 spiro atoms. The number of carbonyl (C=O) groups is 1. The number of ether oxygens (including phenoxy) is 1. The van der Waals surface area contributed by atoms with Gasteiger partial charge in [-0.2, -0.15) is 10.2 Å². The molecule has 4 rings (SSSR count). The van der Waals surface area contributed by atoms with Gasteiger partial charge < -0.3 is 10.1 Å². The Kier molecular flexibility index (Phi) is 5.97. The number of pyridine rings is 1. The normalized spacial score (nSPS) is 11.1. The number of nitrogens with zero attached hydrogens (tertiary/aromatic N) is 3. The summed E-state index contributed by atoms with van der Waals surface area (Å²) in [5.41, 5.74) is -0.0295. The molecule has 0 unspecified atom stereocenters. The molecule has 0 radical (unpaired) electrons. The van der Waals surface area contributed by atoms with E-state index in [1.807, 2.05) is 12.1 Å². The summed E-state index contributed by atoms with van der Waals surface area (Å²) in [6, 6.07) is 22.2. The number of para-hydroxylation sites is 1. The highest BCUT2D eigenvalue weighted by molar-refractivity contribution is 6.31. The fourth-order valence-electron chi connectivity index (χ4n) is 2.94. The number of rotatable bonds is 5. The van der Waals surface area contributed by atoms with Crippen molar-refractivity contribution >= 4 is 34.9 Å². The number of benzene rings is 2. The molecule has 32 heavy (non-hydrogen) atoms. The quantitative estimate of drug-likeness (QED) is 0.357. The van der Waals surface area contributed by atoms with E-state index in [9.17, 15) is 14.9 Å². The predicted molar refractivity (Wildman–Crippen MR) is 122 cm³/mol. The van der Waals surface area contributed by atoms with Gasteiger partial charge in [-0.15, -0.1) is 0 Å². The Labute approximate surface area is 187 Å². The van der Waals surface area contributed by atoms with Gasteiger partial charge in [-0.25, -0.2) is 0 Å². The molecular formula is C24H15ClN4O3. The fourth-order valence-corrected chi connectivity index (χ4v) is 3.13. The van der Waals surface area contributed by atoms with Crippen LogP contribution in [0.15, 0.2) is 89.4 Å². The maximum atomic E-state index is 13.2. The van der Waals surface area contributed by atoms with E-state index in [2.05, 4.69) is 10.3 Å². The molecule has 4 aromatic rings. The minimum atomic E-state index is -0.696. The zero-order valence-electron chi connectivity index (χ0n) is 16.5. The van der Waals surface area contributed by atoms with Gasteiger partial charge in [-0.05, 0) is 48.5 Å². The number of anilines is 1. The van der Waals surface area contributed by atoms with E-state index < -0.39 is 11.5 Å². The molecule has 8 heteroatoms. The van der Waals surface area contributed by atoms with Crippen molar-refractivity contribution in [3.63, 3.8) is 0 Å². The van der Waals surface area contributed by atoms with Gasteiger partial charge in [0.05, 0.1) is 0 Å². The predicted octanol–water partition coefficient (Wildman–Crippen LogP) is 4.69. The zero-order chi connectivity index (χ0) is 22.5. The molecule has 1 amide bonds. The van der Waals surface area contributed by atoms with Crippen LogP contribution < -0.4 is 15.6 Å². The van der Waals surface area contributed by atoms with E-state index in [-0.39, 0.29) is 17.0 Å². The van der Waals surface area contributed by atoms with E-state index in [0.717, 1.165) is 0 Å². The van der Waals surface area contributed by atoms with E-state index in [1.54, 1.807) is 72.9 Å². The Morgan fingerprint density at radius 3 is 2.62 bits per heavy atom. The van der Waals surface area contributed by atoms with Gasteiger partial charge in [0, 0.05) is 16.9 Å². The van der Waals surface area contributed by atoms with E-state index in [4.69, 9.17) is 16.3 Å². The highest BCUT2D eigenvalue weighted by Crippen LogP contribution is 2.24. The summed E-state index contributed by atoms with van der Waals surface area (Å²) >= 11 is 5.95. The SMILES string of the molecule is N#C/C(=C/c1c(Oc2ccccc2)nc2ccccn2c1=O)C(=O)Nc1cccc(Cl)c1. The van der Waals surface area contributed by atoms with Crippen molar-refractivity contribution in [3.8, 4) is 17.7 Å². The van der Waals surface area contributed by atoms with Crippen LogP contribution in [-0.2, 0) is 4.79 Å². The molecule has 0 saturated carbocycles. The fraction of sp³-hybridized carbons (Fsp3) is 0. The summed E-state index contributed by atoms with van der Waals surface area (Å²) in [4.78, 5) is 30.3. The first-order chi connectivity index (χ1) is 15.5. The van der Waals surface area contributed by atoms with Crippen LogP contribution >= 0.6 is 11.6 Å². The molecule has 0 fully saturated rings. The summed E-state index contributed by atoms with van der Waals surface area (Å²) in [5.74, 6) is -0.259. The first kappa shape index (κ1) is 20.8. The molecule has 7 nitrogen and oxygen atoms in total. The first-order valence-corrected chi connectivity index (χ1v) is 9.86. The number of amides is 1. The molecule has 1 N–H and O–H groups in total. The average molecular weight is 443 g/mol. The van der Waals surface area contributed by atoms with Gasteiger partial charge in [0.1, 0.15) is 28.6 Å². The van der Waals surface area contributed by atoms with Crippen LogP contribution in [0.25, 0.3) is 11.7 Å². The third-order valence-electron chi connectivity index (χ3n) is 4.43. The maximum absolute atomic E-state index is 13.2. The van der Waals surface area contributed by atoms with E-state index in [0.29, 0.717) is 22.1 Å². The van der Waals surface area contributed by atoms with Gasteiger partial charge in [0.2, 0.25) is 5.88 Å². The van der Waals surface area contributed by atoms with Crippen molar-refractivity contribution in [2.24, 2.45) is 0 Å². The highest BCUT2D eigenvalue weighted by Gasteiger charge is 2.17. The van der Waals surface area contributed by atoms with Gasteiger partial charge in [0.25, 0.3) is 11.5 Å². The molecule has 2 aromatic heterocycles. The molecule has 0 atom stereocenters. The van der Waals surface area contributed by atoms with Crippen LogP contribution in [0.4, 0.5) is 5.69 Å². The summed E-state index contributed by atoms with van der Waals surface area (Å²) in [6.45, 7) is 0. The van der Waals surface area contributed by atoms with Gasteiger partial charge in [-0.1, -0.05) is 41.9 Å². The first-order valence-electron chi connectivity index (χ1n) is 9.48. The third kappa shape index (κ3) is 4.51. The van der Waals surface area contributed by atoms with E-state index >= 15 is 0 Å². The maximum Gasteiger partial charge on any atom is 0.269 e. The smallest absolute Gasteiger partial charge is 0.269 e. The summed E-state index contributed by atoms with van der Waals surface area (Å²) in [7, 11) is 0. The van der Waals surface area contributed by atoms with Gasteiger partial charge >= 0.3 is 0 Å². The molecule has 2 aromatic carbocycles. The average Bonchev–Trinajstić information content (AvgIpc) is 2.80. The Balaban J connectivity index is 1.80. The molecular weight excluding hydrogens is 428 g/mol. The molecule has 2 heterocycles. The van der Waals surface area contributed by atoms with Crippen molar-refractivity contribution in [1.29, 1.82) is 5.26 Å². The number of nitrogens with one attached hydrogen (secondary N) is 1. The number of carbonyl (C=O) groups excluding carboxylic acids is 1. The van der Waals surface area contributed by atoms with Crippen molar-refractivity contribution < 1.29 is 9.53 Å². The lowest BCUT2D eigenvalue weighted by Crippen LogP contribution is -2.20. The second kappa shape index (κ2) is 9.16. The second-order valence-electron chi connectivity index (χ2n) is 6.61.